The maximum absolute atomic E-state index is 4.57. The second-order valence-electron chi connectivity index (χ2n) is 3.47. The molecular weight excluding hydrogens is 206 g/mol. The van der Waals surface area contributed by atoms with Crippen molar-refractivity contribution in [2.75, 3.05) is 0 Å². The van der Waals surface area contributed by atoms with Crippen LogP contribution in [0.2, 0.25) is 0 Å². The van der Waals surface area contributed by atoms with Crippen LogP contribution >= 0.6 is 11.5 Å². The summed E-state index contributed by atoms with van der Waals surface area (Å²) in [7, 11) is 0. The van der Waals surface area contributed by atoms with Crippen molar-refractivity contribution in [3.63, 3.8) is 0 Å². The molecule has 0 radical (unpaired) electrons. The molecule has 3 rings (SSSR count). The largest absolute Gasteiger partial charge is 0.338 e. The number of aromatic amines is 1. The van der Waals surface area contributed by atoms with E-state index >= 15 is 0 Å². The number of hydrogen-bond donors (Lipinski definition) is 1. The van der Waals surface area contributed by atoms with Crippen LogP contribution in [0.15, 0.2) is 29.8 Å². The van der Waals surface area contributed by atoms with Crippen molar-refractivity contribution >= 4 is 22.6 Å². The molecule has 0 atom stereocenters. The molecule has 2 heterocycles. The lowest BCUT2D eigenvalue weighted by Crippen LogP contribution is -1.75. The Morgan fingerprint density at radius 2 is 2.27 bits per heavy atom. The van der Waals surface area contributed by atoms with Gasteiger partial charge in [-0.1, -0.05) is 12.1 Å². The first-order valence-corrected chi connectivity index (χ1v) is 5.53. The van der Waals surface area contributed by atoms with E-state index in [1.165, 1.54) is 17.1 Å². The van der Waals surface area contributed by atoms with Gasteiger partial charge in [-0.3, -0.25) is 0 Å². The van der Waals surface area contributed by atoms with Gasteiger partial charge in [0.05, 0.1) is 17.2 Å². The van der Waals surface area contributed by atoms with E-state index in [0.29, 0.717) is 0 Å². The van der Waals surface area contributed by atoms with Crippen molar-refractivity contribution in [1.29, 1.82) is 0 Å². The summed E-state index contributed by atoms with van der Waals surface area (Å²) in [6.45, 7) is 2.07. The second-order valence-corrected chi connectivity index (χ2v) is 4.13. The number of rotatable bonds is 1. The average molecular weight is 215 g/mol. The highest BCUT2D eigenvalue weighted by molar-refractivity contribution is 7.03. The molecule has 0 saturated carbocycles. The van der Waals surface area contributed by atoms with Crippen LogP contribution in [-0.2, 0) is 0 Å². The lowest BCUT2D eigenvalue weighted by Gasteiger charge is -1.90. The van der Waals surface area contributed by atoms with Crippen LogP contribution in [0.3, 0.4) is 0 Å². The van der Waals surface area contributed by atoms with Crippen LogP contribution in [0.5, 0.6) is 0 Å². The summed E-state index contributed by atoms with van der Waals surface area (Å²) >= 11 is 1.44. The predicted molar refractivity (Wildman–Crippen MR) is 61.9 cm³/mol. The Bertz CT molecular complexity index is 595. The van der Waals surface area contributed by atoms with Crippen LogP contribution < -0.4 is 0 Å². The number of aromatic nitrogens is 3. The number of imidazole rings is 1. The Morgan fingerprint density at radius 3 is 3.00 bits per heavy atom. The van der Waals surface area contributed by atoms with E-state index in [1.54, 1.807) is 0 Å². The molecule has 4 heteroatoms. The molecule has 0 aliphatic rings. The summed E-state index contributed by atoms with van der Waals surface area (Å²) in [5, 5.41) is 1.99. The van der Waals surface area contributed by atoms with Crippen molar-refractivity contribution < 1.29 is 0 Å². The highest BCUT2D eigenvalue weighted by Crippen LogP contribution is 2.22. The van der Waals surface area contributed by atoms with E-state index in [0.717, 1.165) is 22.4 Å². The highest BCUT2D eigenvalue weighted by Gasteiger charge is 2.06. The van der Waals surface area contributed by atoms with E-state index in [1.807, 2.05) is 23.7 Å². The van der Waals surface area contributed by atoms with Gasteiger partial charge in [0.2, 0.25) is 0 Å². The minimum Gasteiger partial charge on any atom is -0.338 e. The second kappa shape index (κ2) is 3.17. The van der Waals surface area contributed by atoms with E-state index in [9.17, 15) is 0 Å². The standard InChI is InChI=1S/C11H9N3S/c1-7-3-2-4-9-10(7)14-11(13-9)8-5-12-15-6-8/h2-6H,1H3,(H,13,14). The third-order valence-corrected chi connectivity index (χ3v) is 3.01. The summed E-state index contributed by atoms with van der Waals surface area (Å²) in [6, 6.07) is 6.14. The number of nitrogens with zero attached hydrogens (tertiary/aromatic N) is 2. The van der Waals surface area contributed by atoms with Gasteiger partial charge in [0.25, 0.3) is 0 Å². The van der Waals surface area contributed by atoms with Crippen molar-refractivity contribution in [1.82, 2.24) is 14.3 Å². The van der Waals surface area contributed by atoms with Crippen molar-refractivity contribution in [3.05, 3.63) is 35.3 Å². The quantitative estimate of drug-likeness (QED) is 0.678. The first-order chi connectivity index (χ1) is 7.34. The van der Waals surface area contributed by atoms with E-state index < -0.39 is 0 Å². The van der Waals surface area contributed by atoms with Gasteiger partial charge in [-0.25, -0.2) is 9.36 Å². The zero-order valence-corrected chi connectivity index (χ0v) is 9.01. The molecule has 15 heavy (non-hydrogen) atoms. The van der Waals surface area contributed by atoms with Gasteiger partial charge in [-0.15, -0.1) is 0 Å². The molecule has 0 spiro atoms. The fourth-order valence-corrected chi connectivity index (χ4v) is 2.16. The first-order valence-electron chi connectivity index (χ1n) is 4.70. The SMILES string of the molecule is Cc1cccc2[nH]c(-c3cnsc3)nc12. The monoisotopic (exact) mass is 215 g/mol. The van der Waals surface area contributed by atoms with E-state index in [-0.39, 0.29) is 0 Å². The van der Waals surface area contributed by atoms with Gasteiger partial charge >= 0.3 is 0 Å². The maximum atomic E-state index is 4.57. The molecule has 74 valence electrons. The van der Waals surface area contributed by atoms with Crippen LogP contribution in [0, 0.1) is 6.92 Å². The average Bonchev–Trinajstić information content (AvgIpc) is 2.86. The summed E-state index contributed by atoms with van der Waals surface area (Å²) in [6.07, 6.45) is 1.83. The number of aryl methyl sites for hydroxylation is 1. The molecule has 0 amide bonds. The van der Waals surface area contributed by atoms with Crippen LogP contribution in [0.25, 0.3) is 22.4 Å². The Kier molecular flexibility index (Phi) is 1.82. The molecular formula is C11H9N3S. The molecule has 3 aromatic rings. The lowest BCUT2D eigenvalue weighted by molar-refractivity contribution is 1.33. The zero-order chi connectivity index (χ0) is 10.3. The molecule has 0 aliphatic heterocycles. The molecule has 0 fully saturated rings. The Labute approximate surface area is 91.0 Å². The van der Waals surface area contributed by atoms with Crippen LogP contribution in [-0.4, -0.2) is 14.3 Å². The van der Waals surface area contributed by atoms with E-state index in [4.69, 9.17) is 0 Å². The van der Waals surface area contributed by atoms with Crippen molar-refractivity contribution in [3.8, 4) is 11.4 Å². The summed E-state index contributed by atoms with van der Waals surface area (Å²) < 4.78 is 4.07. The molecule has 0 unspecified atom stereocenters. The number of fused-ring (bicyclic) bond motifs is 1. The number of nitrogens with one attached hydrogen (secondary N) is 1. The van der Waals surface area contributed by atoms with Gasteiger partial charge in [0, 0.05) is 10.9 Å². The van der Waals surface area contributed by atoms with Crippen molar-refractivity contribution in [2.45, 2.75) is 6.92 Å². The number of para-hydroxylation sites is 1. The minimum absolute atomic E-state index is 0.896. The molecule has 1 aromatic carbocycles. The number of H-pyrrole nitrogens is 1. The Balaban J connectivity index is 2.27. The van der Waals surface area contributed by atoms with Crippen molar-refractivity contribution in [2.24, 2.45) is 0 Å². The molecule has 1 N–H and O–H groups in total. The predicted octanol–water partition coefficient (Wildman–Crippen LogP) is 2.99. The molecule has 0 saturated heterocycles. The number of hydrogen-bond acceptors (Lipinski definition) is 3. The third-order valence-electron chi connectivity index (χ3n) is 2.42. The molecule has 2 aromatic heterocycles. The van der Waals surface area contributed by atoms with Gasteiger partial charge < -0.3 is 4.98 Å². The fraction of sp³-hybridized carbons (Fsp3) is 0.0909. The maximum Gasteiger partial charge on any atom is 0.140 e. The van der Waals surface area contributed by atoms with Crippen LogP contribution in [0.1, 0.15) is 5.56 Å². The first kappa shape index (κ1) is 8.61. The molecule has 0 aliphatic carbocycles. The van der Waals surface area contributed by atoms with E-state index in [2.05, 4.69) is 27.3 Å². The normalized spacial score (nSPS) is 11.0. The Hall–Kier alpha value is -1.68. The summed E-state index contributed by atoms with van der Waals surface area (Å²) in [4.78, 5) is 7.86. The fourth-order valence-electron chi connectivity index (χ4n) is 1.63. The van der Waals surface area contributed by atoms with Gasteiger partial charge in [-0.2, -0.15) is 0 Å². The topological polar surface area (TPSA) is 41.6 Å². The Morgan fingerprint density at radius 1 is 1.33 bits per heavy atom. The third kappa shape index (κ3) is 1.34. The van der Waals surface area contributed by atoms with Gasteiger partial charge in [0.15, 0.2) is 0 Å². The molecule has 0 bridgehead atoms. The summed E-state index contributed by atoms with van der Waals surface area (Å²) in [5.41, 5.74) is 4.36. The lowest BCUT2D eigenvalue weighted by atomic mass is 10.2. The summed E-state index contributed by atoms with van der Waals surface area (Å²) in [5.74, 6) is 0.896. The van der Waals surface area contributed by atoms with Crippen LogP contribution in [0.4, 0.5) is 0 Å². The highest BCUT2D eigenvalue weighted by atomic mass is 32.1. The minimum atomic E-state index is 0.896. The molecule has 3 nitrogen and oxygen atoms in total. The smallest absolute Gasteiger partial charge is 0.140 e. The number of benzene rings is 1. The van der Waals surface area contributed by atoms with Gasteiger partial charge in [-0.05, 0) is 30.1 Å². The zero-order valence-electron chi connectivity index (χ0n) is 8.19. The van der Waals surface area contributed by atoms with Gasteiger partial charge in [0.1, 0.15) is 5.82 Å².